The number of phenolic OH excluding ortho intramolecular Hbond substituents is 1. The van der Waals surface area contributed by atoms with Crippen molar-refractivity contribution in [3.8, 4) is 5.75 Å². The Morgan fingerprint density at radius 1 is 1.35 bits per heavy atom. The SMILES string of the molecule is CC(O)CCN(C)C(=O)NCCCc1ccc(O)cc1. The van der Waals surface area contributed by atoms with Crippen LogP contribution in [0, 0.1) is 0 Å². The van der Waals surface area contributed by atoms with Crippen LogP contribution in [-0.2, 0) is 6.42 Å². The molecule has 1 unspecified atom stereocenters. The smallest absolute Gasteiger partial charge is 0.317 e. The third kappa shape index (κ3) is 6.43. The number of phenols is 1. The Morgan fingerprint density at radius 2 is 2.00 bits per heavy atom. The molecule has 5 nitrogen and oxygen atoms in total. The van der Waals surface area contributed by atoms with E-state index in [1.165, 1.54) is 0 Å². The quantitative estimate of drug-likeness (QED) is 0.666. The summed E-state index contributed by atoms with van der Waals surface area (Å²) in [5.74, 6) is 0.266. The van der Waals surface area contributed by atoms with Gasteiger partial charge in [0.15, 0.2) is 0 Å². The molecule has 0 saturated heterocycles. The van der Waals surface area contributed by atoms with Gasteiger partial charge in [-0.15, -0.1) is 0 Å². The zero-order valence-corrected chi connectivity index (χ0v) is 12.2. The van der Waals surface area contributed by atoms with E-state index in [0.717, 1.165) is 18.4 Å². The summed E-state index contributed by atoms with van der Waals surface area (Å²) >= 11 is 0. The molecule has 2 amide bonds. The van der Waals surface area contributed by atoms with Gasteiger partial charge >= 0.3 is 6.03 Å². The number of hydrogen-bond acceptors (Lipinski definition) is 3. The lowest BCUT2D eigenvalue weighted by atomic mass is 10.1. The summed E-state index contributed by atoms with van der Waals surface area (Å²) in [6.07, 6.45) is 1.90. The molecule has 3 N–H and O–H groups in total. The number of nitrogens with one attached hydrogen (secondary N) is 1. The molecule has 0 bridgehead atoms. The van der Waals surface area contributed by atoms with Gasteiger partial charge in [-0.25, -0.2) is 4.79 Å². The molecule has 0 aromatic heterocycles. The van der Waals surface area contributed by atoms with Gasteiger partial charge in [0.2, 0.25) is 0 Å². The van der Waals surface area contributed by atoms with Crippen molar-refractivity contribution in [2.24, 2.45) is 0 Å². The Bertz CT molecular complexity index is 404. The van der Waals surface area contributed by atoms with Crippen molar-refractivity contribution >= 4 is 6.03 Å². The van der Waals surface area contributed by atoms with Crippen LogP contribution in [0.1, 0.15) is 25.3 Å². The van der Waals surface area contributed by atoms with Crippen molar-refractivity contribution in [1.82, 2.24) is 10.2 Å². The molecule has 0 fully saturated rings. The molecule has 0 aliphatic heterocycles. The van der Waals surface area contributed by atoms with E-state index in [9.17, 15) is 9.90 Å². The van der Waals surface area contributed by atoms with Gasteiger partial charge < -0.3 is 20.4 Å². The van der Waals surface area contributed by atoms with Crippen LogP contribution in [-0.4, -0.2) is 47.4 Å². The van der Waals surface area contributed by atoms with Gasteiger partial charge in [0, 0.05) is 20.1 Å². The second-order valence-electron chi connectivity index (χ2n) is 5.06. The van der Waals surface area contributed by atoms with Crippen LogP contribution in [0.2, 0.25) is 0 Å². The first-order valence-electron chi connectivity index (χ1n) is 6.94. The number of nitrogens with zero attached hydrogens (tertiary/aromatic N) is 1. The third-order valence-electron chi connectivity index (χ3n) is 3.08. The van der Waals surface area contributed by atoms with Gasteiger partial charge in [0.05, 0.1) is 6.10 Å². The molecule has 112 valence electrons. The van der Waals surface area contributed by atoms with Crippen LogP contribution in [0.3, 0.4) is 0 Å². The number of carbonyl (C=O) groups excluding carboxylic acids is 1. The minimum atomic E-state index is -0.389. The average Bonchev–Trinajstić information content (AvgIpc) is 2.42. The van der Waals surface area contributed by atoms with E-state index in [4.69, 9.17) is 5.11 Å². The van der Waals surface area contributed by atoms with Gasteiger partial charge in [-0.05, 0) is 43.9 Å². The summed E-state index contributed by atoms with van der Waals surface area (Å²) < 4.78 is 0. The van der Waals surface area contributed by atoms with Crippen LogP contribution < -0.4 is 5.32 Å². The van der Waals surface area contributed by atoms with E-state index in [1.54, 1.807) is 31.0 Å². The Balaban J connectivity index is 2.17. The number of aliphatic hydroxyl groups excluding tert-OH is 1. The summed E-state index contributed by atoms with van der Waals surface area (Å²) in [6.45, 7) is 2.86. The van der Waals surface area contributed by atoms with Gasteiger partial charge in [0.25, 0.3) is 0 Å². The first-order valence-corrected chi connectivity index (χ1v) is 6.94. The molecule has 0 saturated carbocycles. The molecule has 0 radical (unpaired) electrons. The number of amides is 2. The van der Waals surface area contributed by atoms with Gasteiger partial charge in [-0.1, -0.05) is 12.1 Å². The van der Waals surface area contributed by atoms with Crippen molar-refractivity contribution in [3.05, 3.63) is 29.8 Å². The standard InChI is InChI=1S/C15H24N2O3/c1-12(18)9-11-17(2)15(20)16-10-3-4-13-5-7-14(19)8-6-13/h5-8,12,18-19H,3-4,9-11H2,1-2H3,(H,16,20). The fourth-order valence-electron chi connectivity index (χ4n) is 1.77. The lowest BCUT2D eigenvalue weighted by Gasteiger charge is -2.18. The molecule has 0 spiro atoms. The molecule has 0 heterocycles. The Kier molecular flexibility index (Phi) is 6.87. The minimum Gasteiger partial charge on any atom is -0.508 e. The van der Waals surface area contributed by atoms with Crippen molar-refractivity contribution in [3.63, 3.8) is 0 Å². The predicted octanol–water partition coefficient (Wildman–Crippen LogP) is 1.74. The van der Waals surface area contributed by atoms with Crippen LogP contribution in [0.25, 0.3) is 0 Å². The van der Waals surface area contributed by atoms with E-state index in [-0.39, 0.29) is 17.9 Å². The highest BCUT2D eigenvalue weighted by Gasteiger charge is 2.08. The Hall–Kier alpha value is -1.75. The fourth-order valence-corrected chi connectivity index (χ4v) is 1.77. The van der Waals surface area contributed by atoms with E-state index in [2.05, 4.69) is 5.32 Å². The first kappa shape index (κ1) is 16.3. The van der Waals surface area contributed by atoms with Crippen LogP contribution in [0.4, 0.5) is 4.79 Å². The monoisotopic (exact) mass is 280 g/mol. The predicted molar refractivity (Wildman–Crippen MR) is 78.8 cm³/mol. The second-order valence-corrected chi connectivity index (χ2v) is 5.06. The zero-order valence-electron chi connectivity index (χ0n) is 12.2. The molecule has 0 aliphatic rings. The topological polar surface area (TPSA) is 72.8 Å². The maximum atomic E-state index is 11.7. The first-order chi connectivity index (χ1) is 9.49. The molecule has 5 heteroatoms. The Morgan fingerprint density at radius 3 is 2.60 bits per heavy atom. The number of hydrogen-bond donors (Lipinski definition) is 3. The molecule has 1 aromatic carbocycles. The lowest BCUT2D eigenvalue weighted by molar-refractivity contribution is 0.163. The highest BCUT2D eigenvalue weighted by molar-refractivity contribution is 5.73. The molecule has 20 heavy (non-hydrogen) atoms. The van der Waals surface area contributed by atoms with E-state index in [0.29, 0.717) is 19.5 Å². The lowest BCUT2D eigenvalue weighted by Crippen LogP contribution is -2.39. The van der Waals surface area contributed by atoms with Crippen molar-refractivity contribution in [2.45, 2.75) is 32.3 Å². The number of rotatable bonds is 7. The second kappa shape index (κ2) is 8.43. The third-order valence-corrected chi connectivity index (χ3v) is 3.08. The zero-order chi connectivity index (χ0) is 15.0. The minimum absolute atomic E-state index is 0.114. The summed E-state index contributed by atoms with van der Waals surface area (Å²) in [5.41, 5.74) is 1.14. The highest BCUT2D eigenvalue weighted by atomic mass is 16.3. The number of urea groups is 1. The molecule has 0 aliphatic carbocycles. The Labute approximate surface area is 120 Å². The number of carbonyl (C=O) groups is 1. The molecule has 1 rings (SSSR count). The van der Waals surface area contributed by atoms with Gasteiger partial charge in [-0.3, -0.25) is 0 Å². The summed E-state index contributed by atoms with van der Waals surface area (Å²) in [5, 5.41) is 21.2. The number of aliphatic hydroxyl groups is 1. The van der Waals surface area contributed by atoms with E-state index >= 15 is 0 Å². The summed E-state index contributed by atoms with van der Waals surface area (Å²) in [7, 11) is 1.72. The van der Waals surface area contributed by atoms with Gasteiger partial charge in [-0.2, -0.15) is 0 Å². The number of benzene rings is 1. The van der Waals surface area contributed by atoms with Crippen LogP contribution >= 0.6 is 0 Å². The van der Waals surface area contributed by atoms with E-state index in [1.807, 2.05) is 12.1 Å². The molecule has 1 aromatic rings. The molecule has 1 atom stereocenters. The number of aryl methyl sites for hydroxylation is 1. The highest BCUT2D eigenvalue weighted by Crippen LogP contribution is 2.10. The van der Waals surface area contributed by atoms with Crippen molar-refractivity contribution in [2.75, 3.05) is 20.1 Å². The fraction of sp³-hybridized carbons (Fsp3) is 0.533. The van der Waals surface area contributed by atoms with Crippen molar-refractivity contribution in [1.29, 1.82) is 0 Å². The average molecular weight is 280 g/mol. The normalized spacial score (nSPS) is 11.9. The summed E-state index contributed by atoms with van der Waals surface area (Å²) in [6, 6.07) is 6.98. The van der Waals surface area contributed by atoms with Crippen LogP contribution in [0.5, 0.6) is 5.75 Å². The van der Waals surface area contributed by atoms with Crippen LogP contribution in [0.15, 0.2) is 24.3 Å². The molecular weight excluding hydrogens is 256 g/mol. The number of aromatic hydroxyl groups is 1. The largest absolute Gasteiger partial charge is 0.508 e. The summed E-state index contributed by atoms with van der Waals surface area (Å²) in [4.78, 5) is 13.3. The van der Waals surface area contributed by atoms with E-state index < -0.39 is 0 Å². The maximum Gasteiger partial charge on any atom is 0.317 e. The van der Waals surface area contributed by atoms with Crippen molar-refractivity contribution < 1.29 is 15.0 Å². The molecular formula is C15H24N2O3. The van der Waals surface area contributed by atoms with Gasteiger partial charge in [0.1, 0.15) is 5.75 Å². The maximum absolute atomic E-state index is 11.7.